The highest BCUT2D eigenvalue weighted by Gasteiger charge is 2.10. The number of nitrogens with zero attached hydrogens (tertiary/aromatic N) is 1. The SMILES string of the molecule is CC(C)N(CCCC(=O)NN)Cc1ccccc1. The molecule has 0 aliphatic rings. The lowest BCUT2D eigenvalue weighted by atomic mass is 10.1. The zero-order chi connectivity index (χ0) is 13.4. The van der Waals surface area contributed by atoms with Crippen molar-refractivity contribution in [2.24, 2.45) is 5.84 Å². The fourth-order valence-corrected chi connectivity index (χ4v) is 1.85. The number of benzene rings is 1. The van der Waals surface area contributed by atoms with Crippen LogP contribution in [0.4, 0.5) is 0 Å². The van der Waals surface area contributed by atoms with Gasteiger partial charge in [-0.05, 0) is 32.4 Å². The minimum Gasteiger partial charge on any atom is -0.297 e. The molecule has 18 heavy (non-hydrogen) atoms. The Morgan fingerprint density at radius 3 is 2.56 bits per heavy atom. The monoisotopic (exact) mass is 249 g/mol. The summed E-state index contributed by atoms with van der Waals surface area (Å²) in [4.78, 5) is 13.4. The van der Waals surface area contributed by atoms with Crippen LogP contribution in [0.1, 0.15) is 32.3 Å². The third kappa shape index (κ3) is 5.29. The van der Waals surface area contributed by atoms with Gasteiger partial charge in [-0.3, -0.25) is 15.1 Å². The molecule has 0 atom stereocenters. The number of hydrogen-bond donors (Lipinski definition) is 2. The van der Waals surface area contributed by atoms with Crippen molar-refractivity contribution in [1.82, 2.24) is 10.3 Å². The van der Waals surface area contributed by atoms with Crippen LogP contribution in [0, 0.1) is 0 Å². The first-order valence-electron chi connectivity index (χ1n) is 6.41. The first kappa shape index (κ1) is 14.7. The van der Waals surface area contributed by atoms with Gasteiger partial charge in [0.25, 0.3) is 0 Å². The molecule has 0 spiro atoms. The van der Waals surface area contributed by atoms with E-state index in [1.165, 1.54) is 5.56 Å². The zero-order valence-electron chi connectivity index (χ0n) is 11.2. The molecule has 0 saturated heterocycles. The number of nitrogens with two attached hydrogens (primary N) is 1. The third-order valence-electron chi connectivity index (χ3n) is 2.97. The maximum atomic E-state index is 11.1. The molecular weight excluding hydrogens is 226 g/mol. The molecule has 0 fully saturated rings. The van der Waals surface area contributed by atoms with Gasteiger partial charge in [-0.1, -0.05) is 30.3 Å². The van der Waals surface area contributed by atoms with Crippen LogP contribution in [0.15, 0.2) is 30.3 Å². The molecule has 1 aromatic carbocycles. The van der Waals surface area contributed by atoms with Gasteiger partial charge in [0, 0.05) is 19.0 Å². The molecule has 0 saturated carbocycles. The molecule has 0 aliphatic carbocycles. The van der Waals surface area contributed by atoms with Gasteiger partial charge in [-0.2, -0.15) is 0 Å². The van der Waals surface area contributed by atoms with E-state index in [1.54, 1.807) is 0 Å². The fourth-order valence-electron chi connectivity index (χ4n) is 1.85. The summed E-state index contributed by atoms with van der Waals surface area (Å²) in [6, 6.07) is 10.8. The number of hydrogen-bond acceptors (Lipinski definition) is 3. The maximum Gasteiger partial charge on any atom is 0.233 e. The van der Waals surface area contributed by atoms with E-state index in [9.17, 15) is 4.79 Å². The van der Waals surface area contributed by atoms with E-state index in [0.29, 0.717) is 12.5 Å². The lowest BCUT2D eigenvalue weighted by Crippen LogP contribution is -2.33. The van der Waals surface area contributed by atoms with E-state index in [0.717, 1.165) is 19.5 Å². The molecule has 0 aliphatic heterocycles. The Bertz CT molecular complexity index is 351. The van der Waals surface area contributed by atoms with Crippen LogP contribution in [-0.2, 0) is 11.3 Å². The standard InChI is InChI=1S/C14H23N3O/c1-12(2)17(10-6-9-14(18)16-15)11-13-7-4-3-5-8-13/h3-5,7-8,12H,6,9-11,15H2,1-2H3,(H,16,18). The minimum absolute atomic E-state index is 0.0987. The van der Waals surface area contributed by atoms with Gasteiger partial charge < -0.3 is 0 Å². The van der Waals surface area contributed by atoms with Crippen molar-refractivity contribution in [3.63, 3.8) is 0 Å². The van der Waals surface area contributed by atoms with E-state index in [4.69, 9.17) is 5.84 Å². The molecule has 4 heteroatoms. The molecule has 1 amide bonds. The summed E-state index contributed by atoms with van der Waals surface area (Å²) >= 11 is 0. The molecule has 1 aromatic rings. The lowest BCUT2D eigenvalue weighted by molar-refractivity contribution is -0.121. The van der Waals surface area contributed by atoms with Crippen molar-refractivity contribution in [3.05, 3.63) is 35.9 Å². The molecular formula is C14H23N3O. The van der Waals surface area contributed by atoms with Crippen molar-refractivity contribution < 1.29 is 4.79 Å². The van der Waals surface area contributed by atoms with E-state index in [-0.39, 0.29) is 5.91 Å². The summed E-state index contributed by atoms with van der Waals surface area (Å²) in [7, 11) is 0. The second-order valence-electron chi connectivity index (χ2n) is 4.72. The van der Waals surface area contributed by atoms with Crippen molar-refractivity contribution in [3.8, 4) is 0 Å². The molecule has 1 rings (SSSR count). The van der Waals surface area contributed by atoms with Gasteiger partial charge in [0.1, 0.15) is 0 Å². The van der Waals surface area contributed by atoms with E-state index in [1.807, 2.05) is 6.07 Å². The molecule has 4 nitrogen and oxygen atoms in total. The molecule has 0 heterocycles. The van der Waals surface area contributed by atoms with Crippen LogP contribution in [0.2, 0.25) is 0 Å². The van der Waals surface area contributed by atoms with Gasteiger partial charge in [-0.15, -0.1) is 0 Å². The summed E-state index contributed by atoms with van der Waals surface area (Å²) in [6.45, 7) is 6.17. The first-order chi connectivity index (χ1) is 8.63. The number of amides is 1. The van der Waals surface area contributed by atoms with E-state index >= 15 is 0 Å². The minimum atomic E-state index is -0.0987. The second kappa shape index (κ2) is 7.84. The summed E-state index contributed by atoms with van der Waals surface area (Å²) in [6.07, 6.45) is 1.31. The third-order valence-corrected chi connectivity index (χ3v) is 2.97. The summed E-state index contributed by atoms with van der Waals surface area (Å²) in [5.41, 5.74) is 3.46. The summed E-state index contributed by atoms with van der Waals surface area (Å²) in [5, 5.41) is 0. The van der Waals surface area contributed by atoms with Crippen LogP contribution < -0.4 is 11.3 Å². The van der Waals surface area contributed by atoms with Crippen LogP contribution in [-0.4, -0.2) is 23.4 Å². The Balaban J connectivity index is 2.43. The Morgan fingerprint density at radius 1 is 1.33 bits per heavy atom. The Labute approximate surface area is 109 Å². The fraction of sp³-hybridized carbons (Fsp3) is 0.500. The largest absolute Gasteiger partial charge is 0.297 e. The number of carbonyl (C=O) groups is 1. The molecule has 0 radical (unpaired) electrons. The predicted molar refractivity (Wildman–Crippen MR) is 73.6 cm³/mol. The molecule has 0 bridgehead atoms. The van der Waals surface area contributed by atoms with E-state index in [2.05, 4.69) is 48.4 Å². The number of rotatable bonds is 7. The Kier molecular flexibility index (Phi) is 6.39. The quantitative estimate of drug-likeness (QED) is 0.439. The smallest absolute Gasteiger partial charge is 0.233 e. The zero-order valence-corrected chi connectivity index (χ0v) is 11.2. The first-order valence-corrected chi connectivity index (χ1v) is 6.41. The molecule has 3 N–H and O–H groups in total. The second-order valence-corrected chi connectivity index (χ2v) is 4.72. The van der Waals surface area contributed by atoms with E-state index < -0.39 is 0 Å². The molecule has 0 aromatic heterocycles. The average molecular weight is 249 g/mol. The molecule has 100 valence electrons. The molecule has 0 unspecified atom stereocenters. The lowest BCUT2D eigenvalue weighted by Gasteiger charge is -2.26. The van der Waals surface area contributed by atoms with Crippen molar-refractivity contribution in [2.45, 2.75) is 39.3 Å². The van der Waals surface area contributed by atoms with Crippen LogP contribution in [0.5, 0.6) is 0 Å². The van der Waals surface area contributed by atoms with Gasteiger partial charge in [0.2, 0.25) is 5.91 Å². The Morgan fingerprint density at radius 2 is 2.00 bits per heavy atom. The normalized spacial score (nSPS) is 10.9. The van der Waals surface area contributed by atoms with Crippen molar-refractivity contribution >= 4 is 5.91 Å². The number of carbonyl (C=O) groups excluding carboxylic acids is 1. The summed E-state index contributed by atoms with van der Waals surface area (Å²) in [5.74, 6) is 4.96. The number of hydrazine groups is 1. The highest BCUT2D eigenvalue weighted by Crippen LogP contribution is 2.09. The van der Waals surface area contributed by atoms with Crippen LogP contribution >= 0.6 is 0 Å². The maximum absolute atomic E-state index is 11.1. The van der Waals surface area contributed by atoms with Gasteiger partial charge in [0.05, 0.1) is 0 Å². The highest BCUT2D eigenvalue weighted by atomic mass is 16.2. The van der Waals surface area contributed by atoms with Gasteiger partial charge in [-0.25, -0.2) is 5.84 Å². The Hall–Kier alpha value is -1.39. The summed E-state index contributed by atoms with van der Waals surface area (Å²) < 4.78 is 0. The van der Waals surface area contributed by atoms with Crippen molar-refractivity contribution in [1.29, 1.82) is 0 Å². The highest BCUT2D eigenvalue weighted by molar-refractivity contribution is 5.75. The predicted octanol–water partition coefficient (Wildman–Crippen LogP) is 1.67. The van der Waals surface area contributed by atoms with Crippen molar-refractivity contribution in [2.75, 3.05) is 6.54 Å². The topological polar surface area (TPSA) is 58.4 Å². The van der Waals surface area contributed by atoms with Gasteiger partial charge in [0.15, 0.2) is 0 Å². The van der Waals surface area contributed by atoms with Crippen LogP contribution in [0.3, 0.4) is 0 Å². The van der Waals surface area contributed by atoms with Crippen LogP contribution in [0.25, 0.3) is 0 Å². The average Bonchev–Trinajstić information content (AvgIpc) is 2.38. The van der Waals surface area contributed by atoms with Gasteiger partial charge >= 0.3 is 0 Å². The number of nitrogens with one attached hydrogen (secondary N) is 1.